The van der Waals surface area contributed by atoms with Gasteiger partial charge in [0.15, 0.2) is 0 Å². The fraction of sp³-hybridized carbons (Fsp3) is 0.500. The van der Waals surface area contributed by atoms with Crippen LogP contribution in [0.1, 0.15) is 49.7 Å². The van der Waals surface area contributed by atoms with E-state index in [1.54, 1.807) is 19.2 Å². The molecular weight excluding hydrogens is 536 g/mol. The molecule has 1 saturated carbocycles. The molecule has 4 atom stereocenters. The van der Waals surface area contributed by atoms with Crippen molar-refractivity contribution < 1.29 is 22.7 Å². The minimum absolute atomic E-state index is 0.0405. The molecule has 0 unspecified atom stereocenters. The molecule has 1 fully saturated rings. The third kappa shape index (κ3) is 5.07. The summed E-state index contributed by atoms with van der Waals surface area (Å²) in [6.45, 7) is 1.99. The summed E-state index contributed by atoms with van der Waals surface area (Å²) in [6, 6.07) is 11.1. The van der Waals surface area contributed by atoms with Crippen LogP contribution in [0.25, 0.3) is 0 Å². The van der Waals surface area contributed by atoms with Crippen LogP contribution in [0.4, 0.5) is 5.69 Å². The van der Waals surface area contributed by atoms with Gasteiger partial charge >= 0.3 is 0 Å². The van der Waals surface area contributed by atoms with Crippen LogP contribution in [-0.2, 0) is 31.4 Å². The van der Waals surface area contributed by atoms with E-state index in [0.29, 0.717) is 37.2 Å². The van der Waals surface area contributed by atoms with E-state index in [1.165, 1.54) is 17.2 Å². The molecule has 4 aliphatic rings. The van der Waals surface area contributed by atoms with Crippen LogP contribution >= 0.6 is 11.6 Å². The van der Waals surface area contributed by atoms with Gasteiger partial charge in [-0.15, -0.1) is 0 Å². The molecule has 0 aromatic heterocycles. The Morgan fingerprint density at radius 1 is 1.15 bits per heavy atom. The highest BCUT2D eigenvalue weighted by Gasteiger charge is 2.44. The van der Waals surface area contributed by atoms with Crippen molar-refractivity contribution in [3.8, 4) is 5.75 Å². The topological polar surface area (TPSA) is 84.9 Å². The number of nitrogens with one attached hydrogen (secondary N) is 1. The Bertz CT molecular complexity index is 1410. The molecule has 2 aromatic carbocycles. The molecular formula is C30H35ClN2O5S. The van der Waals surface area contributed by atoms with E-state index in [4.69, 9.17) is 21.1 Å². The number of allylic oxidation sites excluding steroid dienone is 1. The summed E-state index contributed by atoms with van der Waals surface area (Å²) in [5.74, 6) is 0.894. The maximum absolute atomic E-state index is 13.2. The fourth-order valence-corrected chi connectivity index (χ4v) is 8.13. The van der Waals surface area contributed by atoms with E-state index in [9.17, 15) is 13.2 Å². The van der Waals surface area contributed by atoms with Gasteiger partial charge < -0.3 is 14.4 Å². The number of anilines is 1. The van der Waals surface area contributed by atoms with Crippen LogP contribution in [0.15, 0.2) is 53.4 Å². The van der Waals surface area contributed by atoms with Gasteiger partial charge in [0.1, 0.15) is 5.75 Å². The molecule has 39 heavy (non-hydrogen) atoms. The molecule has 1 spiro atoms. The number of rotatable bonds is 1. The number of nitrogens with zero attached hydrogens (tertiary/aromatic N) is 1. The average Bonchev–Trinajstić information content (AvgIpc) is 3.04. The number of carbonyl (C=O) groups excluding carboxylic acids is 1. The van der Waals surface area contributed by atoms with Crippen LogP contribution < -0.4 is 14.4 Å². The number of ether oxygens (including phenoxy) is 2. The largest absolute Gasteiger partial charge is 0.490 e. The number of sulfonamides is 1. The van der Waals surface area contributed by atoms with Crippen LogP contribution in [0.2, 0.25) is 5.02 Å². The van der Waals surface area contributed by atoms with Gasteiger partial charge in [-0.2, -0.15) is 0 Å². The predicted octanol–water partition coefficient (Wildman–Crippen LogP) is 5.01. The van der Waals surface area contributed by atoms with Crippen LogP contribution in [0, 0.1) is 11.8 Å². The molecule has 6 rings (SSSR count). The van der Waals surface area contributed by atoms with Gasteiger partial charge in [0.25, 0.3) is 10.0 Å². The van der Waals surface area contributed by atoms with Crippen LogP contribution in [0.5, 0.6) is 5.75 Å². The SMILES string of the molecule is CO[C@H]1/C=C/CCC(=O)NS(=O)(=O)c2ccc3c(c2)N(C[C@@H]2CC[C@H]21)C[C@@]1(CCCc2cc(Cl)ccc21)CO3. The molecule has 2 aliphatic heterocycles. The molecule has 0 radical (unpaired) electrons. The van der Waals surface area contributed by atoms with Crippen molar-refractivity contribution >= 4 is 33.2 Å². The molecule has 9 heteroatoms. The standard InChI is InChI=1S/C30H35ClN2O5S/c1-37-27-6-2-3-7-29(34)32-39(35,36)23-10-13-28-26(16-23)33(17-21-8-11-24(21)27)18-30(19-38-28)14-4-5-20-15-22(31)9-12-25(20)30/h2,6,9-10,12-13,15-16,21,24,27H,3-5,7-8,11,14,17-19H2,1H3,(H,32,34)/b6-2+/t21-,24+,27-,30-/m0/s1. The number of methoxy groups -OCH3 is 1. The lowest BCUT2D eigenvalue weighted by molar-refractivity contribution is -0.119. The van der Waals surface area contributed by atoms with Gasteiger partial charge in [-0.1, -0.05) is 29.8 Å². The quantitative estimate of drug-likeness (QED) is 0.485. The third-order valence-corrected chi connectivity index (χ3v) is 10.7. The van der Waals surface area contributed by atoms with Gasteiger partial charge in [0.05, 0.1) is 23.3 Å². The Morgan fingerprint density at radius 2 is 2.03 bits per heavy atom. The molecule has 1 amide bonds. The first-order chi connectivity index (χ1) is 18.8. The smallest absolute Gasteiger partial charge is 0.264 e. The zero-order valence-electron chi connectivity index (χ0n) is 22.2. The number of fused-ring (bicyclic) bond motifs is 4. The highest BCUT2D eigenvalue weighted by molar-refractivity contribution is 7.90. The first kappa shape index (κ1) is 26.7. The molecule has 2 aromatic rings. The van der Waals surface area contributed by atoms with E-state index < -0.39 is 15.9 Å². The molecule has 0 saturated heterocycles. The van der Waals surface area contributed by atoms with Crippen molar-refractivity contribution in [1.29, 1.82) is 0 Å². The van der Waals surface area contributed by atoms with Crippen molar-refractivity contribution in [2.24, 2.45) is 11.8 Å². The molecule has 1 N–H and O–H groups in total. The van der Waals surface area contributed by atoms with Gasteiger partial charge in [0.2, 0.25) is 5.91 Å². The van der Waals surface area contributed by atoms with E-state index in [1.807, 2.05) is 18.2 Å². The van der Waals surface area contributed by atoms with Crippen molar-refractivity contribution in [2.45, 2.75) is 61.4 Å². The number of hydrogen-bond donors (Lipinski definition) is 1. The summed E-state index contributed by atoms with van der Waals surface area (Å²) >= 11 is 6.37. The van der Waals surface area contributed by atoms with Crippen molar-refractivity contribution in [2.75, 3.05) is 31.7 Å². The second-order valence-corrected chi connectivity index (χ2v) is 13.6. The second-order valence-electron chi connectivity index (χ2n) is 11.4. The number of aryl methyl sites for hydroxylation is 1. The lowest BCUT2D eigenvalue weighted by atomic mass is 9.68. The van der Waals surface area contributed by atoms with Gasteiger partial charge in [-0.05, 0) is 91.8 Å². The molecule has 2 aliphatic carbocycles. The normalized spacial score (nSPS) is 30.8. The zero-order chi connectivity index (χ0) is 27.2. The second kappa shape index (κ2) is 10.5. The Morgan fingerprint density at radius 3 is 2.82 bits per heavy atom. The minimum atomic E-state index is -4.02. The van der Waals surface area contributed by atoms with E-state index in [2.05, 4.69) is 21.8 Å². The van der Waals surface area contributed by atoms with E-state index >= 15 is 0 Å². The van der Waals surface area contributed by atoms with Crippen LogP contribution in [-0.4, -0.2) is 47.2 Å². The lowest BCUT2D eigenvalue weighted by Gasteiger charge is -2.46. The van der Waals surface area contributed by atoms with Gasteiger partial charge in [-0.25, -0.2) is 13.1 Å². The molecule has 7 nitrogen and oxygen atoms in total. The first-order valence-corrected chi connectivity index (χ1v) is 15.7. The van der Waals surface area contributed by atoms with Gasteiger partial charge in [0, 0.05) is 37.1 Å². The first-order valence-electron chi connectivity index (χ1n) is 13.8. The predicted molar refractivity (Wildman–Crippen MR) is 151 cm³/mol. The lowest BCUT2D eigenvalue weighted by Crippen LogP contribution is -2.49. The maximum Gasteiger partial charge on any atom is 0.264 e. The Balaban J connectivity index is 1.45. The highest BCUT2D eigenvalue weighted by atomic mass is 35.5. The monoisotopic (exact) mass is 570 g/mol. The Labute approximate surface area is 235 Å². The number of hydrogen-bond acceptors (Lipinski definition) is 6. The molecule has 2 heterocycles. The Hall–Kier alpha value is -2.55. The Kier molecular flexibility index (Phi) is 7.14. The van der Waals surface area contributed by atoms with Crippen LogP contribution in [0.3, 0.4) is 0 Å². The summed E-state index contributed by atoms with van der Waals surface area (Å²) in [7, 11) is -2.29. The summed E-state index contributed by atoms with van der Waals surface area (Å²) in [5.41, 5.74) is 3.05. The number of halogens is 1. The number of benzene rings is 2. The van der Waals surface area contributed by atoms with Gasteiger partial charge in [-0.3, -0.25) is 4.79 Å². The summed E-state index contributed by atoms with van der Waals surface area (Å²) in [4.78, 5) is 14.9. The summed E-state index contributed by atoms with van der Waals surface area (Å²) in [5, 5.41) is 0.741. The zero-order valence-corrected chi connectivity index (χ0v) is 23.8. The van der Waals surface area contributed by atoms with Crippen molar-refractivity contribution in [1.82, 2.24) is 4.72 Å². The maximum atomic E-state index is 13.2. The van der Waals surface area contributed by atoms with E-state index in [-0.39, 0.29) is 22.8 Å². The number of amides is 1. The van der Waals surface area contributed by atoms with Crippen molar-refractivity contribution in [3.63, 3.8) is 0 Å². The highest BCUT2D eigenvalue weighted by Crippen LogP contribution is 2.47. The summed E-state index contributed by atoms with van der Waals surface area (Å²) < 4.78 is 41.0. The van der Waals surface area contributed by atoms with E-state index in [0.717, 1.165) is 49.4 Å². The third-order valence-electron chi connectivity index (χ3n) is 9.06. The van der Waals surface area contributed by atoms with Crippen molar-refractivity contribution in [3.05, 3.63) is 64.7 Å². The fourth-order valence-electron chi connectivity index (χ4n) is 6.90. The summed E-state index contributed by atoms with van der Waals surface area (Å²) in [6.07, 6.45) is 9.64. The minimum Gasteiger partial charge on any atom is -0.490 e. The number of carbonyl (C=O) groups is 1. The molecule has 2 bridgehead atoms. The average molecular weight is 571 g/mol. The molecule has 208 valence electrons.